The van der Waals surface area contributed by atoms with Crippen LogP contribution in [0.1, 0.15) is 24.0 Å². The van der Waals surface area contributed by atoms with Gasteiger partial charge < -0.3 is 15.5 Å². The number of benzene rings is 1. The van der Waals surface area contributed by atoms with E-state index in [-0.39, 0.29) is 0 Å². The van der Waals surface area contributed by atoms with Crippen LogP contribution in [0.2, 0.25) is 0 Å². The van der Waals surface area contributed by atoms with E-state index in [0.717, 1.165) is 25.8 Å². The molecule has 0 spiro atoms. The molecule has 17 heavy (non-hydrogen) atoms. The molecular formula is C14H20N2O. The third kappa shape index (κ3) is 2.87. The molecule has 0 aliphatic rings. The summed E-state index contributed by atoms with van der Waals surface area (Å²) in [6, 6.07) is 6.44. The van der Waals surface area contributed by atoms with Crippen molar-refractivity contribution in [3.8, 4) is 0 Å². The standard InChI is InChI=1S/C14H20N2O/c1-17-10-11-5-6-14-13(8-11)12(9-16-14)4-2-3-7-15/h5-6,8-9,16H,2-4,7,10,15H2,1H3. The maximum atomic E-state index is 5.52. The SMILES string of the molecule is COCc1ccc2[nH]cc(CCCCN)c2c1. The van der Waals surface area contributed by atoms with Crippen LogP contribution in [0.4, 0.5) is 0 Å². The highest BCUT2D eigenvalue weighted by Crippen LogP contribution is 2.21. The maximum absolute atomic E-state index is 5.52. The predicted octanol–water partition coefficient (Wildman–Crippen LogP) is 2.60. The van der Waals surface area contributed by atoms with Crippen LogP contribution in [0.5, 0.6) is 0 Å². The van der Waals surface area contributed by atoms with E-state index in [1.54, 1.807) is 7.11 Å². The van der Waals surface area contributed by atoms with Gasteiger partial charge in [0.2, 0.25) is 0 Å². The maximum Gasteiger partial charge on any atom is 0.0713 e. The summed E-state index contributed by atoms with van der Waals surface area (Å²) in [5.41, 5.74) is 9.32. The van der Waals surface area contributed by atoms with Crippen molar-refractivity contribution in [2.24, 2.45) is 5.73 Å². The summed E-state index contributed by atoms with van der Waals surface area (Å²) in [7, 11) is 1.73. The Morgan fingerprint density at radius 2 is 2.18 bits per heavy atom. The molecule has 0 amide bonds. The van der Waals surface area contributed by atoms with Crippen LogP contribution in [0.3, 0.4) is 0 Å². The summed E-state index contributed by atoms with van der Waals surface area (Å²) < 4.78 is 5.17. The van der Waals surface area contributed by atoms with E-state index in [2.05, 4.69) is 29.4 Å². The van der Waals surface area contributed by atoms with Gasteiger partial charge in [-0.2, -0.15) is 0 Å². The van der Waals surface area contributed by atoms with Crippen molar-refractivity contribution in [3.63, 3.8) is 0 Å². The predicted molar refractivity (Wildman–Crippen MR) is 71.0 cm³/mol. The molecule has 1 heterocycles. The number of unbranched alkanes of at least 4 members (excludes halogenated alkanes) is 1. The van der Waals surface area contributed by atoms with Gasteiger partial charge in [-0.05, 0) is 49.1 Å². The van der Waals surface area contributed by atoms with E-state index >= 15 is 0 Å². The smallest absolute Gasteiger partial charge is 0.0713 e. The van der Waals surface area contributed by atoms with Crippen molar-refractivity contribution in [2.45, 2.75) is 25.9 Å². The fourth-order valence-electron chi connectivity index (χ4n) is 2.15. The molecule has 3 nitrogen and oxygen atoms in total. The zero-order chi connectivity index (χ0) is 12.1. The minimum absolute atomic E-state index is 0.670. The summed E-state index contributed by atoms with van der Waals surface area (Å²) in [5.74, 6) is 0. The minimum Gasteiger partial charge on any atom is -0.380 e. The molecule has 0 radical (unpaired) electrons. The lowest BCUT2D eigenvalue weighted by Crippen LogP contribution is -1.98. The summed E-state index contributed by atoms with van der Waals surface area (Å²) in [5, 5.41) is 1.32. The fourth-order valence-corrected chi connectivity index (χ4v) is 2.15. The molecule has 0 aliphatic heterocycles. The number of hydrogen-bond acceptors (Lipinski definition) is 2. The molecule has 0 unspecified atom stereocenters. The van der Waals surface area contributed by atoms with Crippen LogP contribution in [0, 0.1) is 0 Å². The van der Waals surface area contributed by atoms with Crippen LogP contribution in [0.25, 0.3) is 10.9 Å². The number of aromatic amines is 1. The van der Waals surface area contributed by atoms with Gasteiger partial charge in [-0.25, -0.2) is 0 Å². The van der Waals surface area contributed by atoms with Crippen LogP contribution in [-0.2, 0) is 17.8 Å². The molecule has 1 aromatic carbocycles. The molecular weight excluding hydrogens is 212 g/mol. The number of hydrogen-bond donors (Lipinski definition) is 2. The van der Waals surface area contributed by atoms with Crippen LogP contribution < -0.4 is 5.73 Å². The number of rotatable bonds is 6. The number of aryl methyl sites for hydroxylation is 1. The first kappa shape index (κ1) is 12.1. The third-order valence-electron chi connectivity index (χ3n) is 3.04. The first-order valence-corrected chi connectivity index (χ1v) is 6.13. The molecule has 1 aromatic heterocycles. The van der Waals surface area contributed by atoms with E-state index < -0.39 is 0 Å². The van der Waals surface area contributed by atoms with Gasteiger partial charge in [-0.1, -0.05) is 6.07 Å². The minimum atomic E-state index is 0.670. The zero-order valence-electron chi connectivity index (χ0n) is 10.3. The number of H-pyrrole nitrogens is 1. The lowest BCUT2D eigenvalue weighted by atomic mass is 10.1. The number of ether oxygens (including phenoxy) is 1. The molecule has 0 aliphatic carbocycles. The number of methoxy groups -OCH3 is 1. The number of fused-ring (bicyclic) bond motifs is 1. The Morgan fingerprint density at radius 1 is 1.29 bits per heavy atom. The molecule has 2 rings (SSSR count). The van der Waals surface area contributed by atoms with Crippen LogP contribution in [0.15, 0.2) is 24.4 Å². The van der Waals surface area contributed by atoms with Crippen molar-refractivity contribution in [1.29, 1.82) is 0 Å². The van der Waals surface area contributed by atoms with Gasteiger partial charge in [0.1, 0.15) is 0 Å². The summed E-state index contributed by atoms with van der Waals surface area (Å²) in [6.45, 7) is 1.45. The first-order valence-electron chi connectivity index (χ1n) is 6.13. The number of nitrogens with one attached hydrogen (secondary N) is 1. The monoisotopic (exact) mass is 232 g/mol. The highest BCUT2D eigenvalue weighted by atomic mass is 16.5. The number of nitrogens with two attached hydrogens (primary N) is 1. The molecule has 0 atom stereocenters. The molecule has 0 fully saturated rings. The quantitative estimate of drug-likeness (QED) is 0.752. The average molecular weight is 232 g/mol. The Labute approximate surface area is 102 Å². The van der Waals surface area contributed by atoms with Gasteiger partial charge in [0.25, 0.3) is 0 Å². The van der Waals surface area contributed by atoms with Crippen molar-refractivity contribution in [1.82, 2.24) is 4.98 Å². The number of aromatic nitrogens is 1. The van der Waals surface area contributed by atoms with Gasteiger partial charge >= 0.3 is 0 Å². The van der Waals surface area contributed by atoms with Gasteiger partial charge in [0.15, 0.2) is 0 Å². The highest BCUT2D eigenvalue weighted by molar-refractivity contribution is 5.83. The molecule has 92 valence electrons. The van der Waals surface area contributed by atoms with E-state index in [4.69, 9.17) is 10.5 Å². The fraction of sp³-hybridized carbons (Fsp3) is 0.429. The van der Waals surface area contributed by atoms with Crippen molar-refractivity contribution < 1.29 is 4.74 Å². The average Bonchev–Trinajstić information content (AvgIpc) is 2.73. The second kappa shape index (κ2) is 5.84. The lowest BCUT2D eigenvalue weighted by Gasteiger charge is -2.02. The normalized spacial score (nSPS) is 11.2. The van der Waals surface area contributed by atoms with Crippen molar-refractivity contribution in [3.05, 3.63) is 35.5 Å². The summed E-state index contributed by atoms with van der Waals surface area (Å²) in [4.78, 5) is 3.31. The van der Waals surface area contributed by atoms with E-state index in [1.165, 1.54) is 22.0 Å². The Balaban J connectivity index is 2.20. The topological polar surface area (TPSA) is 51.0 Å². The largest absolute Gasteiger partial charge is 0.380 e. The second-order valence-electron chi connectivity index (χ2n) is 4.37. The highest BCUT2D eigenvalue weighted by Gasteiger charge is 2.04. The molecule has 2 aromatic rings. The molecule has 0 saturated heterocycles. The second-order valence-corrected chi connectivity index (χ2v) is 4.37. The Bertz CT molecular complexity index is 476. The van der Waals surface area contributed by atoms with Crippen molar-refractivity contribution in [2.75, 3.05) is 13.7 Å². The van der Waals surface area contributed by atoms with E-state index in [0.29, 0.717) is 6.61 Å². The molecule has 3 heteroatoms. The van der Waals surface area contributed by atoms with Crippen LogP contribution >= 0.6 is 0 Å². The summed E-state index contributed by atoms with van der Waals surface area (Å²) >= 11 is 0. The first-order chi connectivity index (χ1) is 8.35. The molecule has 0 saturated carbocycles. The Hall–Kier alpha value is -1.32. The third-order valence-corrected chi connectivity index (χ3v) is 3.04. The lowest BCUT2D eigenvalue weighted by molar-refractivity contribution is 0.185. The van der Waals surface area contributed by atoms with E-state index in [1.807, 2.05) is 0 Å². The van der Waals surface area contributed by atoms with Gasteiger partial charge in [0.05, 0.1) is 6.61 Å². The Morgan fingerprint density at radius 3 is 2.94 bits per heavy atom. The Kier molecular flexibility index (Phi) is 4.18. The van der Waals surface area contributed by atoms with E-state index in [9.17, 15) is 0 Å². The van der Waals surface area contributed by atoms with Crippen LogP contribution in [-0.4, -0.2) is 18.6 Å². The molecule has 0 bridgehead atoms. The van der Waals surface area contributed by atoms with Gasteiger partial charge in [0, 0.05) is 24.2 Å². The zero-order valence-corrected chi connectivity index (χ0v) is 10.3. The summed E-state index contributed by atoms with van der Waals surface area (Å²) in [6.07, 6.45) is 5.44. The van der Waals surface area contributed by atoms with Crippen molar-refractivity contribution >= 4 is 10.9 Å². The van der Waals surface area contributed by atoms with Gasteiger partial charge in [-0.15, -0.1) is 0 Å². The van der Waals surface area contributed by atoms with Gasteiger partial charge in [-0.3, -0.25) is 0 Å². The molecule has 3 N–H and O–H groups in total.